The van der Waals surface area contributed by atoms with Crippen LogP contribution in [0, 0.1) is 0 Å². The Morgan fingerprint density at radius 1 is 1.16 bits per heavy atom. The van der Waals surface area contributed by atoms with Gasteiger partial charge in [0.25, 0.3) is 11.3 Å². The monoisotopic (exact) mass is 490 g/mol. The van der Waals surface area contributed by atoms with Crippen LogP contribution in [0.15, 0.2) is 74.8 Å². The highest BCUT2D eigenvalue weighted by atomic mass is 32.2. The van der Waals surface area contributed by atoms with E-state index in [1.165, 1.54) is 23.5 Å². The molecule has 0 fully saturated rings. The topological polar surface area (TPSA) is 90.0 Å². The van der Waals surface area contributed by atoms with Gasteiger partial charge in [-0.2, -0.15) is 8.78 Å². The van der Waals surface area contributed by atoms with Crippen molar-refractivity contribution in [2.45, 2.75) is 15.8 Å². The van der Waals surface area contributed by atoms with E-state index in [9.17, 15) is 18.4 Å². The van der Waals surface area contributed by atoms with Gasteiger partial charge in [-0.15, -0.1) is 11.3 Å². The fourth-order valence-corrected chi connectivity index (χ4v) is 5.17. The Labute approximate surface area is 193 Å². The number of fused-ring (bicyclic) bond motifs is 1. The number of carbonyl (C=O) groups excluding carboxylic acids is 1. The normalized spacial score (nSPS) is 11.2. The summed E-state index contributed by atoms with van der Waals surface area (Å²) in [5.41, 5.74) is 1.76. The highest BCUT2D eigenvalue weighted by Crippen LogP contribution is 2.32. The third kappa shape index (κ3) is 4.95. The zero-order valence-electron chi connectivity index (χ0n) is 16.3. The summed E-state index contributed by atoms with van der Waals surface area (Å²) in [7, 11) is 0. The minimum Gasteiger partial charge on any atom is -0.334 e. The van der Waals surface area contributed by atoms with Crippen molar-refractivity contribution in [3.05, 3.63) is 70.3 Å². The highest BCUT2D eigenvalue weighted by molar-refractivity contribution is 8.00. The number of nitrogens with two attached hydrogens (primary N) is 1. The van der Waals surface area contributed by atoms with Crippen LogP contribution in [0.5, 0.6) is 0 Å². The Balaban J connectivity index is 1.47. The number of alkyl halides is 2. The second-order valence-electron chi connectivity index (χ2n) is 6.50. The second-order valence-corrected chi connectivity index (χ2v) is 9.37. The first kappa shape index (κ1) is 22.3. The Morgan fingerprint density at radius 2 is 1.88 bits per heavy atom. The molecule has 6 nitrogen and oxygen atoms in total. The molecule has 4 rings (SSSR count). The third-order valence-corrected chi connectivity index (χ3v) is 6.94. The maximum Gasteiger partial charge on any atom is 0.288 e. The smallest absolute Gasteiger partial charge is 0.288 e. The van der Waals surface area contributed by atoms with Gasteiger partial charge in [0.15, 0.2) is 5.16 Å². The summed E-state index contributed by atoms with van der Waals surface area (Å²) in [6.45, 7) is 0. The lowest BCUT2D eigenvalue weighted by Crippen LogP contribution is -2.30. The number of halogens is 2. The molecule has 0 aliphatic rings. The molecule has 3 N–H and O–H groups in total. The molecule has 0 radical (unpaired) electrons. The molecule has 32 heavy (non-hydrogen) atoms. The number of benzene rings is 2. The number of thioether (sulfide) groups is 2. The predicted molar refractivity (Wildman–Crippen MR) is 127 cm³/mol. The SMILES string of the molecule is Nn1c(SCC(=O)Nc2ccc(SC(F)F)cc2)nc2scc(-c3ccccc3)c2c1=O. The highest BCUT2D eigenvalue weighted by Gasteiger charge is 2.17. The number of nitrogen functional groups attached to an aromatic ring is 1. The van der Waals surface area contributed by atoms with Gasteiger partial charge in [-0.1, -0.05) is 53.9 Å². The second kappa shape index (κ2) is 9.72. The van der Waals surface area contributed by atoms with Crippen LogP contribution >= 0.6 is 34.9 Å². The summed E-state index contributed by atoms with van der Waals surface area (Å²) in [4.78, 5) is 30.6. The number of carbonyl (C=O) groups is 1. The zero-order valence-corrected chi connectivity index (χ0v) is 18.8. The van der Waals surface area contributed by atoms with E-state index in [-0.39, 0.29) is 22.4 Å². The number of anilines is 1. The van der Waals surface area contributed by atoms with Crippen LogP contribution < -0.4 is 16.7 Å². The number of hydrogen-bond acceptors (Lipinski definition) is 7. The molecular formula is C21H16F2N4O2S3. The molecule has 4 aromatic rings. The lowest BCUT2D eigenvalue weighted by atomic mass is 10.1. The van der Waals surface area contributed by atoms with Gasteiger partial charge in [0, 0.05) is 21.5 Å². The van der Waals surface area contributed by atoms with Crippen molar-refractivity contribution in [1.29, 1.82) is 0 Å². The quantitative estimate of drug-likeness (QED) is 0.218. The van der Waals surface area contributed by atoms with Gasteiger partial charge in [0.2, 0.25) is 5.91 Å². The number of thiophene rings is 1. The molecule has 0 atom stereocenters. The number of rotatable bonds is 7. The van der Waals surface area contributed by atoms with E-state index in [0.717, 1.165) is 27.6 Å². The van der Waals surface area contributed by atoms with E-state index in [1.807, 2.05) is 35.7 Å². The van der Waals surface area contributed by atoms with Crippen molar-refractivity contribution >= 4 is 56.7 Å². The fraction of sp³-hybridized carbons (Fsp3) is 0.0952. The molecule has 0 spiro atoms. The van der Waals surface area contributed by atoms with E-state index >= 15 is 0 Å². The molecule has 11 heteroatoms. The number of nitrogens with one attached hydrogen (secondary N) is 1. The van der Waals surface area contributed by atoms with Gasteiger partial charge < -0.3 is 11.2 Å². The molecular weight excluding hydrogens is 474 g/mol. The summed E-state index contributed by atoms with van der Waals surface area (Å²) in [5, 5.41) is 5.21. The summed E-state index contributed by atoms with van der Waals surface area (Å²) in [5.74, 6) is 3.11. The summed E-state index contributed by atoms with van der Waals surface area (Å²) in [6.07, 6.45) is 0. The van der Waals surface area contributed by atoms with Crippen LogP contribution in [-0.4, -0.2) is 27.1 Å². The van der Waals surface area contributed by atoms with Crippen molar-refractivity contribution in [1.82, 2.24) is 9.66 Å². The van der Waals surface area contributed by atoms with E-state index in [4.69, 9.17) is 5.84 Å². The molecule has 0 bridgehead atoms. The van der Waals surface area contributed by atoms with E-state index in [0.29, 0.717) is 32.6 Å². The molecule has 2 aromatic heterocycles. The summed E-state index contributed by atoms with van der Waals surface area (Å²) in [6, 6.07) is 15.6. The Bertz CT molecular complexity index is 1310. The van der Waals surface area contributed by atoms with Crippen LogP contribution in [0.25, 0.3) is 21.3 Å². The van der Waals surface area contributed by atoms with Crippen molar-refractivity contribution in [3.63, 3.8) is 0 Å². The molecule has 0 saturated carbocycles. The van der Waals surface area contributed by atoms with Gasteiger partial charge in [0.05, 0.1) is 11.1 Å². The van der Waals surface area contributed by atoms with Gasteiger partial charge in [0.1, 0.15) is 4.83 Å². The average Bonchev–Trinajstić information content (AvgIpc) is 3.21. The average molecular weight is 491 g/mol. The standard InChI is InChI=1S/C21H16F2N4O2S3/c22-20(23)32-14-8-6-13(7-9-14)25-16(28)11-31-21-26-18-17(19(29)27(21)24)15(10-30-18)12-4-2-1-3-5-12/h1-10,20H,11,24H2,(H,25,28). The minimum atomic E-state index is -2.50. The molecule has 0 aliphatic heterocycles. The Morgan fingerprint density at radius 3 is 2.56 bits per heavy atom. The first-order valence-electron chi connectivity index (χ1n) is 9.24. The van der Waals surface area contributed by atoms with Crippen molar-refractivity contribution in [2.75, 3.05) is 16.9 Å². The molecule has 0 saturated heterocycles. The number of aromatic nitrogens is 2. The van der Waals surface area contributed by atoms with Crippen LogP contribution in [0.2, 0.25) is 0 Å². The molecule has 0 aliphatic carbocycles. The lowest BCUT2D eigenvalue weighted by molar-refractivity contribution is -0.113. The van der Waals surface area contributed by atoms with Crippen LogP contribution in [0.3, 0.4) is 0 Å². The molecule has 164 valence electrons. The molecule has 1 amide bonds. The summed E-state index contributed by atoms with van der Waals surface area (Å²) >= 11 is 2.81. The van der Waals surface area contributed by atoms with Gasteiger partial charge >= 0.3 is 0 Å². The van der Waals surface area contributed by atoms with Crippen LogP contribution in [0.1, 0.15) is 0 Å². The minimum absolute atomic E-state index is 0.0282. The third-order valence-electron chi connectivity index (χ3n) is 4.39. The molecule has 2 aromatic carbocycles. The number of nitrogens with zero attached hydrogens (tertiary/aromatic N) is 2. The maximum atomic E-state index is 12.9. The van der Waals surface area contributed by atoms with Gasteiger partial charge in [-0.25, -0.2) is 9.66 Å². The Hall–Kier alpha value is -2.89. The van der Waals surface area contributed by atoms with E-state index in [2.05, 4.69) is 10.3 Å². The summed E-state index contributed by atoms with van der Waals surface area (Å²) < 4.78 is 25.7. The van der Waals surface area contributed by atoms with Crippen LogP contribution in [0.4, 0.5) is 14.5 Å². The van der Waals surface area contributed by atoms with Crippen molar-refractivity contribution in [2.24, 2.45) is 0 Å². The van der Waals surface area contributed by atoms with E-state index in [1.54, 1.807) is 12.1 Å². The molecule has 2 heterocycles. The fourth-order valence-electron chi connectivity index (χ4n) is 2.96. The first-order valence-corrected chi connectivity index (χ1v) is 12.0. The lowest BCUT2D eigenvalue weighted by Gasteiger charge is -2.09. The van der Waals surface area contributed by atoms with Gasteiger partial charge in [-0.3, -0.25) is 9.59 Å². The largest absolute Gasteiger partial charge is 0.334 e. The zero-order chi connectivity index (χ0) is 22.7. The van der Waals surface area contributed by atoms with E-state index < -0.39 is 5.76 Å². The van der Waals surface area contributed by atoms with Crippen LogP contribution in [-0.2, 0) is 4.79 Å². The maximum absolute atomic E-state index is 12.9. The molecule has 0 unspecified atom stereocenters. The Kier molecular flexibility index (Phi) is 6.77. The van der Waals surface area contributed by atoms with Gasteiger partial charge in [-0.05, 0) is 29.8 Å². The number of hydrogen-bond donors (Lipinski definition) is 2. The predicted octanol–water partition coefficient (Wildman–Crippen LogP) is 4.88. The number of amides is 1. The first-order chi connectivity index (χ1) is 15.4. The van der Waals surface area contributed by atoms with Crippen molar-refractivity contribution < 1.29 is 13.6 Å². The van der Waals surface area contributed by atoms with Crippen molar-refractivity contribution in [3.8, 4) is 11.1 Å².